The van der Waals surface area contributed by atoms with Crippen LogP contribution in [0.25, 0.3) is 10.2 Å². The molecule has 0 saturated carbocycles. The molecule has 0 saturated heterocycles. The van der Waals surface area contributed by atoms with Crippen molar-refractivity contribution >= 4 is 38.4 Å². The van der Waals surface area contributed by atoms with Crippen LogP contribution in [0.2, 0.25) is 0 Å². The van der Waals surface area contributed by atoms with E-state index in [4.69, 9.17) is 9.15 Å². The van der Waals surface area contributed by atoms with Gasteiger partial charge in [0.2, 0.25) is 5.78 Å². The fraction of sp³-hybridized carbons (Fsp3) is 0.160. The number of ketones is 1. The maximum absolute atomic E-state index is 13.3. The van der Waals surface area contributed by atoms with Crippen molar-refractivity contribution in [3.8, 4) is 5.75 Å². The molecule has 1 N–H and O–H groups in total. The van der Waals surface area contributed by atoms with E-state index in [1.807, 2.05) is 32.0 Å². The molecule has 166 valence electrons. The fourth-order valence-corrected chi connectivity index (χ4v) is 5.02. The van der Waals surface area contributed by atoms with Gasteiger partial charge in [0.1, 0.15) is 5.75 Å². The molecule has 5 rings (SSSR count). The first-order valence-corrected chi connectivity index (χ1v) is 11.2. The van der Waals surface area contributed by atoms with E-state index in [2.05, 4.69) is 4.98 Å². The zero-order valence-corrected chi connectivity index (χ0v) is 18.8. The van der Waals surface area contributed by atoms with Gasteiger partial charge in [-0.05, 0) is 61.4 Å². The number of aliphatic hydroxyl groups is 1. The summed E-state index contributed by atoms with van der Waals surface area (Å²) in [5.41, 5.74) is 2.41. The molecule has 2 aromatic heterocycles. The van der Waals surface area contributed by atoms with E-state index < -0.39 is 23.5 Å². The van der Waals surface area contributed by atoms with Gasteiger partial charge in [0.25, 0.3) is 5.91 Å². The van der Waals surface area contributed by atoms with Gasteiger partial charge in [0.05, 0.1) is 34.7 Å². The van der Waals surface area contributed by atoms with Crippen molar-refractivity contribution in [2.45, 2.75) is 19.9 Å². The number of ether oxygens (including phenoxy) is 1. The molecular weight excluding hydrogens is 440 g/mol. The predicted octanol–water partition coefficient (Wildman–Crippen LogP) is 5.38. The van der Waals surface area contributed by atoms with Crippen molar-refractivity contribution in [1.29, 1.82) is 0 Å². The Hall–Kier alpha value is -3.91. The number of benzene rings is 2. The zero-order chi connectivity index (χ0) is 23.1. The molecule has 1 atom stereocenters. The number of amides is 1. The number of thiazole rings is 1. The molecule has 4 aromatic rings. The Morgan fingerprint density at radius 1 is 1.21 bits per heavy atom. The summed E-state index contributed by atoms with van der Waals surface area (Å²) >= 11 is 1.33. The highest BCUT2D eigenvalue weighted by Gasteiger charge is 2.46. The van der Waals surface area contributed by atoms with E-state index in [1.165, 1.54) is 28.6 Å². The number of nitrogens with zero attached hydrogens (tertiary/aromatic N) is 2. The van der Waals surface area contributed by atoms with Crippen LogP contribution in [0.15, 0.2) is 76.6 Å². The molecule has 2 aromatic carbocycles. The van der Waals surface area contributed by atoms with Crippen molar-refractivity contribution < 1.29 is 23.8 Å². The molecule has 1 unspecified atom stereocenters. The summed E-state index contributed by atoms with van der Waals surface area (Å²) in [7, 11) is 0. The maximum Gasteiger partial charge on any atom is 0.296 e. The lowest BCUT2D eigenvalue weighted by atomic mass is 9.95. The Morgan fingerprint density at radius 2 is 2.00 bits per heavy atom. The summed E-state index contributed by atoms with van der Waals surface area (Å²) in [5.74, 6) is -1.13. The number of furan rings is 1. The summed E-state index contributed by atoms with van der Waals surface area (Å²) in [6, 6.07) is 15.1. The van der Waals surface area contributed by atoms with Gasteiger partial charge in [-0.25, -0.2) is 4.98 Å². The van der Waals surface area contributed by atoms with E-state index in [1.54, 1.807) is 30.3 Å². The van der Waals surface area contributed by atoms with Gasteiger partial charge in [-0.15, -0.1) is 0 Å². The second-order valence-electron chi connectivity index (χ2n) is 7.62. The SMILES string of the molecule is CCOc1ccc(C2C(C(=O)c3ccco3)=C(O)C(=O)N2c2nc3ccc(C)cc3s2)cc1. The van der Waals surface area contributed by atoms with Gasteiger partial charge in [-0.1, -0.05) is 29.5 Å². The third-order valence-electron chi connectivity index (χ3n) is 5.44. The molecule has 0 fully saturated rings. The average molecular weight is 461 g/mol. The number of aliphatic hydroxyl groups excluding tert-OH is 1. The lowest BCUT2D eigenvalue weighted by Gasteiger charge is -2.24. The topological polar surface area (TPSA) is 92.9 Å². The molecule has 0 aliphatic carbocycles. The summed E-state index contributed by atoms with van der Waals surface area (Å²) in [4.78, 5) is 32.5. The normalized spacial score (nSPS) is 16.1. The maximum atomic E-state index is 13.3. The Kier molecular flexibility index (Phi) is 5.22. The van der Waals surface area contributed by atoms with Gasteiger partial charge in [0.15, 0.2) is 16.7 Å². The van der Waals surface area contributed by atoms with Gasteiger partial charge in [-0.3, -0.25) is 14.5 Å². The number of rotatable bonds is 6. The lowest BCUT2D eigenvalue weighted by molar-refractivity contribution is -0.117. The lowest BCUT2D eigenvalue weighted by Crippen LogP contribution is -2.30. The van der Waals surface area contributed by atoms with E-state index in [-0.39, 0.29) is 11.3 Å². The van der Waals surface area contributed by atoms with Crippen LogP contribution in [0.5, 0.6) is 5.75 Å². The smallest absolute Gasteiger partial charge is 0.296 e. The Balaban J connectivity index is 1.65. The molecule has 7 nitrogen and oxygen atoms in total. The van der Waals surface area contributed by atoms with Crippen molar-refractivity contribution in [3.05, 3.63) is 89.1 Å². The second-order valence-corrected chi connectivity index (χ2v) is 8.63. The fourth-order valence-electron chi connectivity index (χ4n) is 3.93. The quantitative estimate of drug-likeness (QED) is 0.389. The first kappa shape index (κ1) is 21.0. The van der Waals surface area contributed by atoms with Crippen LogP contribution in [-0.2, 0) is 4.79 Å². The van der Waals surface area contributed by atoms with Crippen LogP contribution in [-0.4, -0.2) is 28.4 Å². The van der Waals surface area contributed by atoms with Crippen molar-refractivity contribution in [2.24, 2.45) is 0 Å². The number of carbonyl (C=O) groups is 2. The second kappa shape index (κ2) is 8.22. The molecule has 8 heteroatoms. The van der Waals surface area contributed by atoms with Crippen LogP contribution >= 0.6 is 11.3 Å². The molecule has 1 amide bonds. The predicted molar refractivity (Wildman–Crippen MR) is 125 cm³/mol. The van der Waals surface area contributed by atoms with Gasteiger partial charge < -0.3 is 14.3 Å². The number of aromatic nitrogens is 1. The monoisotopic (exact) mass is 460 g/mol. The minimum atomic E-state index is -0.868. The first-order chi connectivity index (χ1) is 16.0. The van der Waals surface area contributed by atoms with Crippen LogP contribution in [0.3, 0.4) is 0 Å². The first-order valence-electron chi connectivity index (χ1n) is 10.4. The van der Waals surface area contributed by atoms with Crippen molar-refractivity contribution in [1.82, 2.24) is 4.98 Å². The molecule has 3 heterocycles. The standard InChI is InChI=1S/C25H20N2O5S/c1-3-31-16-9-7-15(8-10-16)21-20(22(28)18-5-4-12-32-18)23(29)24(30)27(21)25-26-17-11-6-14(2)13-19(17)33-25/h4-13,21,29H,3H2,1-2H3. The number of carbonyl (C=O) groups excluding carboxylic acids is 2. The van der Waals surface area contributed by atoms with Crippen LogP contribution in [0.4, 0.5) is 5.13 Å². The minimum absolute atomic E-state index is 0.0436. The third kappa shape index (κ3) is 3.58. The third-order valence-corrected chi connectivity index (χ3v) is 6.46. The van der Waals surface area contributed by atoms with E-state index in [0.717, 1.165) is 15.8 Å². The molecule has 0 spiro atoms. The van der Waals surface area contributed by atoms with E-state index in [0.29, 0.717) is 23.1 Å². The highest BCUT2D eigenvalue weighted by atomic mass is 32.1. The highest BCUT2D eigenvalue weighted by Crippen LogP contribution is 2.44. The minimum Gasteiger partial charge on any atom is -0.503 e. The van der Waals surface area contributed by atoms with Gasteiger partial charge in [0, 0.05) is 0 Å². The number of Topliss-reactive ketones (excluding diaryl/α,β-unsaturated/α-hetero) is 1. The summed E-state index contributed by atoms with van der Waals surface area (Å²) < 4.78 is 11.7. The molecule has 1 aliphatic heterocycles. The summed E-state index contributed by atoms with van der Waals surface area (Å²) in [6.07, 6.45) is 1.38. The van der Waals surface area contributed by atoms with Crippen LogP contribution in [0, 0.1) is 6.92 Å². The van der Waals surface area contributed by atoms with Crippen molar-refractivity contribution in [2.75, 3.05) is 11.5 Å². The summed E-state index contributed by atoms with van der Waals surface area (Å²) in [6.45, 7) is 4.39. The Bertz CT molecular complexity index is 1390. The van der Waals surface area contributed by atoms with Crippen molar-refractivity contribution in [3.63, 3.8) is 0 Å². The molecule has 0 bridgehead atoms. The zero-order valence-electron chi connectivity index (χ0n) is 17.9. The molecule has 0 radical (unpaired) electrons. The highest BCUT2D eigenvalue weighted by molar-refractivity contribution is 7.22. The average Bonchev–Trinajstić information content (AvgIpc) is 3.53. The molecule has 33 heavy (non-hydrogen) atoms. The summed E-state index contributed by atoms with van der Waals surface area (Å²) in [5, 5.41) is 11.2. The number of hydrogen-bond acceptors (Lipinski definition) is 7. The van der Waals surface area contributed by atoms with Gasteiger partial charge in [-0.2, -0.15) is 0 Å². The number of fused-ring (bicyclic) bond motifs is 1. The number of anilines is 1. The molecule has 1 aliphatic rings. The molecular formula is C25H20N2O5S. The van der Waals surface area contributed by atoms with E-state index in [9.17, 15) is 14.7 Å². The largest absolute Gasteiger partial charge is 0.503 e. The van der Waals surface area contributed by atoms with Crippen LogP contribution in [0.1, 0.15) is 34.6 Å². The number of aryl methyl sites for hydroxylation is 1. The Morgan fingerprint density at radius 3 is 2.70 bits per heavy atom. The number of hydrogen-bond donors (Lipinski definition) is 1. The Labute approximate surface area is 193 Å². The van der Waals surface area contributed by atoms with E-state index >= 15 is 0 Å². The van der Waals surface area contributed by atoms with Crippen LogP contribution < -0.4 is 9.64 Å². The van der Waals surface area contributed by atoms with Gasteiger partial charge >= 0.3 is 0 Å².